The Labute approximate surface area is 118 Å². The summed E-state index contributed by atoms with van der Waals surface area (Å²) in [5.41, 5.74) is 7.93. The average molecular weight is 291 g/mol. The monoisotopic (exact) mass is 291 g/mol. The molecule has 0 aliphatic carbocycles. The molecule has 0 fully saturated rings. The van der Waals surface area contributed by atoms with Crippen LogP contribution in [0.4, 0.5) is 5.69 Å². The highest BCUT2D eigenvalue weighted by Gasteiger charge is 2.10. The van der Waals surface area contributed by atoms with Crippen LogP contribution in [-0.4, -0.2) is 19.9 Å². The second-order valence-electron chi connectivity index (χ2n) is 4.50. The third-order valence-electron chi connectivity index (χ3n) is 2.79. The van der Waals surface area contributed by atoms with E-state index in [2.05, 4.69) is 9.71 Å². The van der Waals surface area contributed by atoms with Crippen molar-refractivity contribution in [3.05, 3.63) is 59.9 Å². The van der Waals surface area contributed by atoms with Gasteiger partial charge < -0.3 is 5.73 Å². The van der Waals surface area contributed by atoms with E-state index in [0.29, 0.717) is 24.2 Å². The molecular weight excluding hydrogens is 274 g/mol. The van der Waals surface area contributed by atoms with Crippen molar-refractivity contribution in [2.45, 2.75) is 12.2 Å². The summed E-state index contributed by atoms with van der Waals surface area (Å²) in [7, 11) is -3.34. The number of nitrogens with zero attached hydrogens (tertiary/aromatic N) is 1. The number of anilines is 1. The zero-order valence-electron chi connectivity index (χ0n) is 11.0. The molecule has 1 aromatic carbocycles. The standard InChI is InChI=1S/C14H17N3O2S/c15-14-3-1-2-13(10-14)11-20(18,19)17-9-6-12-4-7-16-8-5-12/h1-5,7-8,10,17H,6,9,11,15H2. The minimum atomic E-state index is -3.34. The van der Waals surface area contributed by atoms with Gasteiger partial charge in [-0.1, -0.05) is 12.1 Å². The first kappa shape index (κ1) is 14.5. The Hall–Kier alpha value is -1.92. The summed E-state index contributed by atoms with van der Waals surface area (Å²) in [5, 5.41) is 0. The first-order valence-corrected chi connectivity index (χ1v) is 7.91. The second kappa shape index (κ2) is 6.49. The number of benzene rings is 1. The lowest BCUT2D eigenvalue weighted by Gasteiger charge is -2.07. The highest BCUT2D eigenvalue weighted by molar-refractivity contribution is 7.88. The molecule has 0 aliphatic rings. The maximum atomic E-state index is 11.9. The number of hydrogen-bond donors (Lipinski definition) is 2. The molecule has 0 unspecified atom stereocenters. The van der Waals surface area contributed by atoms with Crippen LogP contribution in [-0.2, 0) is 22.2 Å². The third kappa shape index (κ3) is 4.64. The van der Waals surface area contributed by atoms with Gasteiger partial charge in [-0.15, -0.1) is 0 Å². The zero-order valence-corrected chi connectivity index (χ0v) is 11.8. The van der Waals surface area contributed by atoms with Crippen molar-refractivity contribution in [3.63, 3.8) is 0 Å². The molecule has 2 aromatic rings. The van der Waals surface area contributed by atoms with Crippen molar-refractivity contribution >= 4 is 15.7 Å². The van der Waals surface area contributed by atoms with E-state index in [4.69, 9.17) is 5.73 Å². The average Bonchev–Trinajstić information content (AvgIpc) is 2.39. The van der Waals surface area contributed by atoms with Crippen molar-refractivity contribution in [2.75, 3.05) is 12.3 Å². The topological polar surface area (TPSA) is 85.1 Å². The Kier molecular flexibility index (Phi) is 4.70. The summed E-state index contributed by atoms with van der Waals surface area (Å²) >= 11 is 0. The van der Waals surface area contributed by atoms with E-state index < -0.39 is 10.0 Å². The van der Waals surface area contributed by atoms with E-state index in [1.54, 1.807) is 36.7 Å². The smallest absolute Gasteiger partial charge is 0.215 e. The molecular formula is C14H17N3O2S. The van der Waals surface area contributed by atoms with Crippen LogP contribution in [0.2, 0.25) is 0 Å². The molecule has 5 nitrogen and oxygen atoms in total. The number of pyridine rings is 1. The number of nitrogens with two attached hydrogens (primary N) is 1. The molecule has 0 saturated carbocycles. The molecule has 0 aliphatic heterocycles. The SMILES string of the molecule is Nc1cccc(CS(=O)(=O)NCCc2ccncc2)c1. The van der Waals surface area contributed by atoms with Crippen LogP contribution in [0.1, 0.15) is 11.1 Å². The molecule has 2 rings (SSSR count). The lowest BCUT2D eigenvalue weighted by atomic mass is 10.2. The van der Waals surface area contributed by atoms with Gasteiger partial charge in [0.2, 0.25) is 10.0 Å². The van der Waals surface area contributed by atoms with Crippen molar-refractivity contribution in [3.8, 4) is 0 Å². The van der Waals surface area contributed by atoms with Crippen LogP contribution < -0.4 is 10.5 Å². The van der Waals surface area contributed by atoms with Gasteiger partial charge in [0.05, 0.1) is 5.75 Å². The lowest BCUT2D eigenvalue weighted by Crippen LogP contribution is -2.27. The summed E-state index contributed by atoms with van der Waals surface area (Å²) in [6.07, 6.45) is 4.02. The normalized spacial score (nSPS) is 11.4. The number of nitrogen functional groups attached to an aromatic ring is 1. The number of rotatable bonds is 6. The summed E-state index contributed by atoms with van der Waals surface area (Å²) in [6, 6.07) is 10.6. The fourth-order valence-electron chi connectivity index (χ4n) is 1.85. The van der Waals surface area contributed by atoms with Gasteiger partial charge in [-0.3, -0.25) is 4.98 Å². The predicted molar refractivity (Wildman–Crippen MR) is 79.4 cm³/mol. The van der Waals surface area contributed by atoms with E-state index in [0.717, 1.165) is 5.56 Å². The van der Waals surface area contributed by atoms with Crippen LogP contribution in [0.25, 0.3) is 0 Å². The van der Waals surface area contributed by atoms with Crippen molar-refractivity contribution < 1.29 is 8.42 Å². The summed E-state index contributed by atoms with van der Waals surface area (Å²) in [5.74, 6) is -0.0611. The third-order valence-corrected chi connectivity index (χ3v) is 4.15. The van der Waals surface area contributed by atoms with Crippen LogP contribution >= 0.6 is 0 Å². The molecule has 1 heterocycles. The van der Waals surface area contributed by atoms with Crippen LogP contribution in [0.5, 0.6) is 0 Å². The van der Waals surface area contributed by atoms with Gasteiger partial charge in [0, 0.05) is 24.6 Å². The molecule has 0 bridgehead atoms. The Balaban J connectivity index is 1.88. The Morgan fingerprint density at radius 2 is 1.85 bits per heavy atom. The minimum Gasteiger partial charge on any atom is -0.399 e. The van der Waals surface area contributed by atoms with Gasteiger partial charge in [0.15, 0.2) is 0 Å². The number of nitrogens with one attached hydrogen (secondary N) is 1. The fraction of sp³-hybridized carbons (Fsp3) is 0.214. The van der Waals surface area contributed by atoms with Gasteiger partial charge in [-0.2, -0.15) is 0 Å². The molecule has 0 atom stereocenters. The van der Waals surface area contributed by atoms with E-state index >= 15 is 0 Å². The molecule has 6 heteroatoms. The van der Waals surface area contributed by atoms with Gasteiger partial charge in [-0.05, 0) is 41.8 Å². The minimum absolute atomic E-state index is 0.0611. The highest BCUT2D eigenvalue weighted by Crippen LogP contribution is 2.09. The molecule has 0 amide bonds. The quantitative estimate of drug-likeness (QED) is 0.786. The predicted octanol–water partition coefficient (Wildman–Crippen LogP) is 1.33. The molecule has 1 aromatic heterocycles. The molecule has 20 heavy (non-hydrogen) atoms. The van der Waals surface area contributed by atoms with Gasteiger partial charge >= 0.3 is 0 Å². The zero-order chi connectivity index (χ0) is 14.4. The first-order valence-electron chi connectivity index (χ1n) is 6.26. The Morgan fingerprint density at radius 3 is 2.55 bits per heavy atom. The maximum Gasteiger partial charge on any atom is 0.215 e. The summed E-state index contributed by atoms with van der Waals surface area (Å²) in [6.45, 7) is 0.370. The van der Waals surface area contributed by atoms with Gasteiger partial charge in [0.1, 0.15) is 0 Å². The largest absolute Gasteiger partial charge is 0.399 e. The van der Waals surface area contributed by atoms with Crippen LogP contribution in [0, 0.1) is 0 Å². The van der Waals surface area contributed by atoms with Gasteiger partial charge in [0.25, 0.3) is 0 Å². The van der Waals surface area contributed by atoms with E-state index in [9.17, 15) is 8.42 Å². The molecule has 3 N–H and O–H groups in total. The molecule has 106 valence electrons. The molecule has 0 spiro atoms. The van der Waals surface area contributed by atoms with E-state index in [1.807, 2.05) is 12.1 Å². The van der Waals surface area contributed by atoms with Crippen LogP contribution in [0.15, 0.2) is 48.8 Å². The van der Waals surface area contributed by atoms with E-state index in [1.165, 1.54) is 0 Å². The van der Waals surface area contributed by atoms with Gasteiger partial charge in [-0.25, -0.2) is 13.1 Å². The Morgan fingerprint density at radius 1 is 1.10 bits per heavy atom. The fourth-order valence-corrected chi connectivity index (χ4v) is 2.99. The van der Waals surface area contributed by atoms with Crippen LogP contribution in [0.3, 0.4) is 0 Å². The lowest BCUT2D eigenvalue weighted by molar-refractivity contribution is 0.581. The summed E-state index contributed by atoms with van der Waals surface area (Å²) in [4.78, 5) is 3.92. The Bertz CT molecular complexity index is 657. The van der Waals surface area contributed by atoms with Crippen molar-refractivity contribution in [1.82, 2.24) is 9.71 Å². The van der Waals surface area contributed by atoms with Crippen molar-refractivity contribution in [1.29, 1.82) is 0 Å². The summed E-state index contributed by atoms with van der Waals surface area (Å²) < 4.78 is 26.5. The molecule has 0 saturated heterocycles. The second-order valence-corrected chi connectivity index (χ2v) is 6.31. The number of hydrogen-bond acceptors (Lipinski definition) is 4. The van der Waals surface area contributed by atoms with E-state index in [-0.39, 0.29) is 5.75 Å². The highest BCUT2D eigenvalue weighted by atomic mass is 32.2. The maximum absolute atomic E-state index is 11.9. The number of aromatic nitrogens is 1. The number of sulfonamides is 1. The molecule has 0 radical (unpaired) electrons. The first-order chi connectivity index (χ1) is 9.55. The van der Waals surface area contributed by atoms with Crippen molar-refractivity contribution in [2.24, 2.45) is 0 Å².